The number of rotatable bonds is 6. The molecular formula is C8H17N3O2S. The quantitative estimate of drug-likeness (QED) is 0.409. The van der Waals surface area contributed by atoms with Crippen LogP contribution in [-0.2, 0) is 9.53 Å². The Bertz CT molecular complexity index is 199. The van der Waals surface area contributed by atoms with E-state index in [1.807, 2.05) is 0 Å². The van der Waals surface area contributed by atoms with Crippen molar-refractivity contribution in [2.24, 2.45) is 5.73 Å². The zero-order chi connectivity index (χ0) is 11.0. The van der Waals surface area contributed by atoms with Crippen LogP contribution in [0, 0.1) is 0 Å². The predicted octanol–water partition coefficient (Wildman–Crippen LogP) is -0.639. The van der Waals surface area contributed by atoms with Gasteiger partial charge in [-0.25, -0.2) is 0 Å². The molecule has 82 valence electrons. The van der Waals surface area contributed by atoms with Gasteiger partial charge >= 0.3 is 0 Å². The number of primary amides is 1. The molecule has 0 fully saturated rings. The summed E-state index contributed by atoms with van der Waals surface area (Å²) in [6, 6.07) is -0.447. The minimum absolute atomic E-state index is 0.425. The van der Waals surface area contributed by atoms with Gasteiger partial charge in [-0.2, -0.15) is 0 Å². The second kappa shape index (κ2) is 7.52. The summed E-state index contributed by atoms with van der Waals surface area (Å²) in [7, 11) is 1.64. The average molecular weight is 219 g/mol. The second-order valence-corrected chi connectivity index (χ2v) is 3.28. The van der Waals surface area contributed by atoms with Gasteiger partial charge in [0.25, 0.3) is 0 Å². The first kappa shape index (κ1) is 13.1. The highest BCUT2D eigenvalue weighted by Crippen LogP contribution is 1.81. The van der Waals surface area contributed by atoms with Gasteiger partial charge in [-0.05, 0) is 25.6 Å². The maximum atomic E-state index is 10.7. The zero-order valence-electron chi connectivity index (χ0n) is 8.50. The number of carbonyl (C=O) groups excluding carboxylic acids is 1. The molecule has 4 N–H and O–H groups in total. The van der Waals surface area contributed by atoms with Crippen molar-refractivity contribution in [1.82, 2.24) is 10.6 Å². The molecule has 5 nitrogen and oxygen atoms in total. The van der Waals surface area contributed by atoms with E-state index < -0.39 is 11.9 Å². The summed E-state index contributed by atoms with van der Waals surface area (Å²) >= 11 is 4.93. The summed E-state index contributed by atoms with van der Waals surface area (Å²) in [4.78, 5) is 10.7. The Balaban J connectivity index is 3.50. The standard InChI is InChI=1S/C8H17N3O2S/c1-6(7(9)12)11-8(14)10-4-3-5-13-2/h6H,3-5H2,1-2H3,(H2,9,12)(H2,10,11,14). The van der Waals surface area contributed by atoms with Crippen molar-refractivity contribution in [2.45, 2.75) is 19.4 Å². The lowest BCUT2D eigenvalue weighted by molar-refractivity contribution is -0.119. The Morgan fingerprint density at radius 1 is 1.64 bits per heavy atom. The van der Waals surface area contributed by atoms with Crippen molar-refractivity contribution < 1.29 is 9.53 Å². The van der Waals surface area contributed by atoms with Crippen LogP contribution in [0.1, 0.15) is 13.3 Å². The van der Waals surface area contributed by atoms with Crippen molar-refractivity contribution in [3.63, 3.8) is 0 Å². The van der Waals surface area contributed by atoms with E-state index in [-0.39, 0.29) is 0 Å². The lowest BCUT2D eigenvalue weighted by Gasteiger charge is -2.13. The van der Waals surface area contributed by atoms with E-state index in [1.54, 1.807) is 14.0 Å². The molecule has 0 radical (unpaired) electrons. The third-order valence-corrected chi connectivity index (χ3v) is 1.85. The number of thiocarbonyl (C=S) groups is 1. The summed E-state index contributed by atoms with van der Waals surface area (Å²) in [5, 5.41) is 6.13. The van der Waals surface area contributed by atoms with Crippen LogP contribution in [0.2, 0.25) is 0 Å². The lowest BCUT2D eigenvalue weighted by atomic mass is 10.3. The van der Waals surface area contributed by atoms with Gasteiger partial charge in [0.15, 0.2) is 5.11 Å². The molecule has 1 atom stereocenters. The summed E-state index contributed by atoms with van der Waals surface area (Å²) in [5.74, 6) is -0.425. The van der Waals surface area contributed by atoms with Gasteiger partial charge in [-0.3, -0.25) is 4.79 Å². The van der Waals surface area contributed by atoms with E-state index in [4.69, 9.17) is 22.7 Å². The van der Waals surface area contributed by atoms with Crippen LogP contribution in [0.5, 0.6) is 0 Å². The number of methoxy groups -OCH3 is 1. The van der Waals surface area contributed by atoms with Crippen molar-refractivity contribution in [3.8, 4) is 0 Å². The summed E-state index contributed by atoms with van der Waals surface area (Å²) < 4.78 is 4.87. The largest absolute Gasteiger partial charge is 0.385 e. The van der Waals surface area contributed by atoms with Gasteiger partial charge in [0, 0.05) is 20.3 Å². The summed E-state index contributed by atoms with van der Waals surface area (Å²) in [5.41, 5.74) is 5.05. The molecule has 0 saturated heterocycles. The third-order valence-electron chi connectivity index (χ3n) is 1.59. The van der Waals surface area contributed by atoms with Gasteiger partial charge in [0.05, 0.1) is 0 Å². The highest BCUT2D eigenvalue weighted by atomic mass is 32.1. The molecule has 0 saturated carbocycles. The molecule has 0 bridgehead atoms. The van der Waals surface area contributed by atoms with Crippen LogP contribution in [0.15, 0.2) is 0 Å². The van der Waals surface area contributed by atoms with Gasteiger partial charge < -0.3 is 21.1 Å². The molecule has 0 spiro atoms. The molecule has 1 unspecified atom stereocenters. The monoisotopic (exact) mass is 219 g/mol. The predicted molar refractivity (Wildman–Crippen MR) is 58.9 cm³/mol. The number of amides is 1. The molecule has 0 aliphatic rings. The van der Waals surface area contributed by atoms with Crippen molar-refractivity contribution in [1.29, 1.82) is 0 Å². The first-order valence-corrected chi connectivity index (χ1v) is 4.81. The van der Waals surface area contributed by atoms with E-state index in [0.29, 0.717) is 18.3 Å². The second-order valence-electron chi connectivity index (χ2n) is 2.87. The van der Waals surface area contributed by atoms with Crippen LogP contribution in [0.25, 0.3) is 0 Å². The smallest absolute Gasteiger partial charge is 0.239 e. The fourth-order valence-corrected chi connectivity index (χ4v) is 1.02. The maximum absolute atomic E-state index is 10.7. The molecule has 0 aliphatic heterocycles. The van der Waals surface area contributed by atoms with Crippen LogP contribution < -0.4 is 16.4 Å². The molecular weight excluding hydrogens is 202 g/mol. The molecule has 14 heavy (non-hydrogen) atoms. The summed E-state index contributed by atoms with van der Waals surface area (Å²) in [6.45, 7) is 3.05. The molecule has 6 heteroatoms. The van der Waals surface area contributed by atoms with Gasteiger partial charge in [0.1, 0.15) is 6.04 Å². The van der Waals surface area contributed by atoms with Gasteiger partial charge in [-0.1, -0.05) is 0 Å². The normalized spacial score (nSPS) is 11.9. The Kier molecular flexibility index (Phi) is 7.04. The van der Waals surface area contributed by atoms with Crippen LogP contribution in [0.4, 0.5) is 0 Å². The first-order chi connectivity index (χ1) is 6.57. The highest BCUT2D eigenvalue weighted by Gasteiger charge is 2.08. The number of carbonyl (C=O) groups is 1. The van der Waals surface area contributed by atoms with Crippen molar-refractivity contribution in [3.05, 3.63) is 0 Å². The number of hydrogen-bond donors (Lipinski definition) is 3. The van der Waals surface area contributed by atoms with Gasteiger partial charge in [-0.15, -0.1) is 0 Å². The zero-order valence-corrected chi connectivity index (χ0v) is 9.32. The van der Waals surface area contributed by atoms with E-state index >= 15 is 0 Å². The highest BCUT2D eigenvalue weighted by molar-refractivity contribution is 7.80. The molecule has 0 aromatic carbocycles. The Hall–Kier alpha value is -0.880. The summed E-state index contributed by atoms with van der Waals surface area (Å²) in [6.07, 6.45) is 0.864. The Morgan fingerprint density at radius 2 is 2.29 bits per heavy atom. The third kappa shape index (κ3) is 6.62. The van der Waals surface area contributed by atoms with Crippen molar-refractivity contribution in [2.75, 3.05) is 20.3 Å². The minimum Gasteiger partial charge on any atom is -0.385 e. The van der Waals surface area contributed by atoms with Crippen LogP contribution in [0.3, 0.4) is 0 Å². The SMILES string of the molecule is COCCCNC(=S)NC(C)C(N)=O. The number of nitrogens with one attached hydrogen (secondary N) is 2. The van der Waals surface area contributed by atoms with Gasteiger partial charge in [0.2, 0.25) is 5.91 Å². The van der Waals surface area contributed by atoms with E-state index in [0.717, 1.165) is 6.42 Å². The first-order valence-electron chi connectivity index (χ1n) is 4.40. The van der Waals surface area contributed by atoms with Crippen LogP contribution in [-0.4, -0.2) is 37.3 Å². The van der Waals surface area contributed by atoms with Crippen molar-refractivity contribution >= 4 is 23.2 Å². The fourth-order valence-electron chi connectivity index (χ4n) is 0.737. The maximum Gasteiger partial charge on any atom is 0.239 e. The van der Waals surface area contributed by atoms with E-state index in [2.05, 4.69) is 10.6 Å². The van der Waals surface area contributed by atoms with E-state index in [9.17, 15) is 4.79 Å². The number of hydrogen-bond acceptors (Lipinski definition) is 3. The van der Waals surface area contributed by atoms with E-state index in [1.165, 1.54) is 0 Å². The number of ether oxygens (including phenoxy) is 1. The topological polar surface area (TPSA) is 76.4 Å². The lowest BCUT2D eigenvalue weighted by Crippen LogP contribution is -2.46. The Morgan fingerprint density at radius 3 is 2.79 bits per heavy atom. The fraction of sp³-hybridized carbons (Fsp3) is 0.750. The molecule has 0 aromatic heterocycles. The molecule has 0 aliphatic carbocycles. The Labute approximate surface area is 89.4 Å². The van der Waals surface area contributed by atoms with Crippen LogP contribution >= 0.6 is 12.2 Å². The number of nitrogens with two attached hydrogens (primary N) is 1. The molecule has 1 amide bonds. The minimum atomic E-state index is -0.447. The average Bonchev–Trinajstić information content (AvgIpc) is 2.12. The molecule has 0 aromatic rings. The molecule has 0 rings (SSSR count). The molecule has 0 heterocycles.